The van der Waals surface area contributed by atoms with E-state index in [1.165, 1.54) is 0 Å². The lowest BCUT2D eigenvalue weighted by atomic mass is 10.00. The molecule has 2 aliphatic heterocycles. The van der Waals surface area contributed by atoms with E-state index in [0.29, 0.717) is 18.6 Å². The zero-order valence-corrected chi connectivity index (χ0v) is 14.6. The fraction of sp³-hybridized carbons (Fsp3) is 0.333. The molecule has 2 aliphatic rings. The van der Waals surface area contributed by atoms with E-state index in [4.69, 9.17) is 4.74 Å². The summed E-state index contributed by atoms with van der Waals surface area (Å²) in [5.41, 5.74) is 2.48. The first-order chi connectivity index (χ1) is 12.7. The molecule has 0 saturated carbocycles. The Morgan fingerprint density at radius 1 is 1.08 bits per heavy atom. The monoisotopic (exact) mass is 350 g/mol. The number of rotatable bonds is 3. The number of carbonyl (C=O) groups is 2. The van der Waals surface area contributed by atoms with E-state index in [1.807, 2.05) is 36.4 Å². The summed E-state index contributed by atoms with van der Waals surface area (Å²) in [5, 5.41) is 3.10. The highest BCUT2D eigenvalue weighted by molar-refractivity contribution is 5.97. The van der Waals surface area contributed by atoms with Gasteiger partial charge in [-0.2, -0.15) is 0 Å². The summed E-state index contributed by atoms with van der Waals surface area (Å²) in [6, 6.07) is 15.1. The predicted octanol–water partition coefficient (Wildman–Crippen LogP) is 3.46. The molecule has 0 spiro atoms. The van der Waals surface area contributed by atoms with Crippen LogP contribution in [0.25, 0.3) is 0 Å². The van der Waals surface area contributed by atoms with Gasteiger partial charge in [0, 0.05) is 36.2 Å². The number of piperidine rings is 1. The van der Waals surface area contributed by atoms with E-state index in [9.17, 15) is 9.59 Å². The Morgan fingerprint density at radius 2 is 1.88 bits per heavy atom. The maximum Gasteiger partial charge on any atom is 0.251 e. The molecule has 2 aromatic carbocycles. The summed E-state index contributed by atoms with van der Waals surface area (Å²) in [4.78, 5) is 26.5. The lowest BCUT2D eigenvalue weighted by molar-refractivity contribution is -0.119. The molecule has 26 heavy (non-hydrogen) atoms. The van der Waals surface area contributed by atoms with Gasteiger partial charge >= 0.3 is 0 Å². The number of ether oxygens (including phenoxy) is 1. The first kappa shape index (κ1) is 16.6. The van der Waals surface area contributed by atoms with Gasteiger partial charge in [0.1, 0.15) is 5.75 Å². The van der Waals surface area contributed by atoms with Crippen LogP contribution in [0, 0.1) is 0 Å². The predicted molar refractivity (Wildman–Crippen MR) is 99.4 cm³/mol. The molecule has 0 aromatic heterocycles. The average molecular weight is 350 g/mol. The minimum Gasteiger partial charge on any atom is -0.493 e. The van der Waals surface area contributed by atoms with Crippen molar-refractivity contribution in [3.05, 3.63) is 59.7 Å². The number of para-hydroxylation sites is 1. The Morgan fingerprint density at radius 3 is 2.69 bits per heavy atom. The largest absolute Gasteiger partial charge is 0.493 e. The first-order valence-corrected chi connectivity index (χ1v) is 9.15. The van der Waals surface area contributed by atoms with Gasteiger partial charge in [-0.05, 0) is 43.2 Å². The summed E-state index contributed by atoms with van der Waals surface area (Å²) in [6.07, 6.45) is 3.34. The fourth-order valence-corrected chi connectivity index (χ4v) is 3.61. The molecule has 5 heteroatoms. The van der Waals surface area contributed by atoms with Crippen LogP contribution in [0.15, 0.2) is 48.5 Å². The molecular formula is C21H22N2O3. The van der Waals surface area contributed by atoms with Crippen molar-refractivity contribution in [2.24, 2.45) is 0 Å². The van der Waals surface area contributed by atoms with Crippen molar-refractivity contribution in [3.63, 3.8) is 0 Å². The maximum absolute atomic E-state index is 12.6. The Labute approximate surface area is 153 Å². The molecule has 2 amide bonds. The number of nitrogens with zero attached hydrogens (tertiary/aromatic N) is 1. The number of hydrogen-bond acceptors (Lipinski definition) is 3. The second kappa shape index (κ2) is 7.20. The molecule has 1 fully saturated rings. The molecule has 5 nitrogen and oxygen atoms in total. The Balaban J connectivity index is 1.47. The van der Waals surface area contributed by atoms with Crippen LogP contribution in [0.1, 0.15) is 47.6 Å². The lowest BCUT2D eigenvalue weighted by Crippen LogP contribution is -2.35. The highest BCUT2D eigenvalue weighted by Gasteiger charge is 2.23. The van der Waals surface area contributed by atoms with E-state index >= 15 is 0 Å². The number of nitrogens with one attached hydrogen (secondary N) is 1. The normalized spacial score (nSPS) is 19.5. The van der Waals surface area contributed by atoms with Crippen LogP contribution in [0.5, 0.6) is 5.75 Å². The molecule has 4 rings (SSSR count). The van der Waals surface area contributed by atoms with Gasteiger partial charge < -0.3 is 15.0 Å². The molecule has 0 aliphatic carbocycles. The summed E-state index contributed by atoms with van der Waals surface area (Å²) in [5.74, 6) is 0.887. The van der Waals surface area contributed by atoms with Crippen LogP contribution < -0.4 is 15.0 Å². The molecule has 1 saturated heterocycles. The quantitative estimate of drug-likeness (QED) is 0.922. The Bertz CT molecular complexity index is 816. The third kappa shape index (κ3) is 3.29. The molecule has 0 bridgehead atoms. The van der Waals surface area contributed by atoms with Gasteiger partial charge in [-0.25, -0.2) is 0 Å². The number of hydrogen-bond donors (Lipinski definition) is 1. The highest BCUT2D eigenvalue weighted by Crippen LogP contribution is 2.31. The van der Waals surface area contributed by atoms with E-state index in [1.54, 1.807) is 17.0 Å². The van der Waals surface area contributed by atoms with Crippen molar-refractivity contribution in [1.29, 1.82) is 0 Å². The third-order valence-corrected chi connectivity index (χ3v) is 5.03. The molecule has 2 heterocycles. The third-order valence-electron chi connectivity index (χ3n) is 5.03. The van der Waals surface area contributed by atoms with Gasteiger partial charge in [0.25, 0.3) is 5.91 Å². The molecule has 134 valence electrons. The number of anilines is 1. The molecule has 1 N–H and O–H groups in total. The van der Waals surface area contributed by atoms with Crippen molar-refractivity contribution >= 4 is 17.5 Å². The number of amides is 2. The van der Waals surface area contributed by atoms with Gasteiger partial charge in [-0.1, -0.05) is 18.2 Å². The van der Waals surface area contributed by atoms with E-state index in [0.717, 1.165) is 42.8 Å². The average Bonchev–Trinajstić information content (AvgIpc) is 2.69. The van der Waals surface area contributed by atoms with E-state index in [2.05, 4.69) is 5.32 Å². The summed E-state index contributed by atoms with van der Waals surface area (Å²) in [6.45, 7) is 1.35. The summed E-state index contributed by atoms with van der Waals surface area (Å²) < 4.78 is 5.65. The zero-order valence-electron chi connectivity index (χ0n) is 14.6. The molecule has 1 atom stereocenters. The van der Waals surface area contributed by atoms with Crippen molar-refractivity contribution in [2.75, 3.05) is 18.1 Å². The first-order valence-electron chi connectivity index (χ1n) is 9.15. The smallest absolute Gasteiger partial charge is 0.251 e. The van der Waals surface area contributed by atoms with Crippen molar-refractivity contribution in [3.8, 4) is 5.75 Å². The number of fused-ring (bicyclic) bond motifs is 1. The van der Waals surface area contributed by atoms with E-state index < -0.39 is 0 Å². The second-order valence-corrected chi connectivity index (χ2v) is 6.75. The maximum atomic E-state index is 12.6. The molecular weight excluding hydrogens is 328 g/mol. The van der Waals surface area contributed by atoms with Crippen molar-refractivity contribution in [1.82, 2.24) is 5.32 Å². The standard InChI is InChI=1S/C21H22N2O3/c24-20-7-3-4-13-23(20)16-10-8-15(9-11-16)21(25)22-18-12-14-26-19-6-2-1-5-17(18)19/h1-2,5-6,8-11,18H,3-4,7,12-14H2,(H,22,25)/t18-/m0/s1. The highest BCUT2D eigenvalue weighted by atomic mass is 16.5. The minimum absolute atomic E-state index is 0.0456. The van der Waals surface area contributed by atoms with Crippen molar-refractivity contribution in [2.45, 2.75) is 31.7 Å². The minimum atomic E-state index is -0.108. The van der Waals surface area contributed by atoms with Crippen LogP contribution in [0.2, 0.25) is 0 Å². The van der Waals surface area contributed by atoms with Gasteiger partial charge in [0.15, 0.2) is 0 Å². The molecule has 2 aromatic rings. The molecule has 0 radical (unpaired) electrons. The topological polar surface area (TPSA) is 58.6 Å². The van der Waals surface area contributed by atoms with Gasteiger partial charge in [0.05, 0.1) is 12.6 Å². The SMILES string of the molecule is O=C(N[C@H]1CCOc2ccccc21)c1ccc(N2CCCCC2=O)cc1. The number of carbonyl (C=O) groups excluding carboxylic acids is 2. The summed E-state index contributed by atoms with van der Waals surface area (Å²) >= 11 is 0. The Hall–Kier alpha value is -2.82. The van der Waals surface area contributed by atoms with Gasteiger partial charge in [0.2, 0.25) is 5.91 Å². The molecule has 0 unspecified atom stereocenters. The van der Waals surface area contributed by atoms with Crippen molar-refractivity contribution < 1.29 is 14.3 Å². The van der Waals surface area contributed by atoms with Crippen LogP contribution in [-0.4, -0.2) is 25.0 Å². The summed E-state index contributed by atoms with van der Waals surface area (Å²) in [7, 11) is 0. The Kier molecular flexibility index (Phi) is 4.61. The van der Waals surface area contributed by atoms with Crippen LogP contribution in [-0.2, 0) is 4.79 Å². The van der Waals surface area contributed by atoms with Gasteiger partial charge in [-0.3, -0.25) is 9.59 Å². The van der Waals surface area contributed by atoms with E-state index in [-0.39, 0.29) is 17.9 Å². The van der Waals surface area contributed by atoms with Crippen LogP contribution in [0.4, 0.5) is 5.69 Å². The van der Waals surface area contributed by atoms with Crippen LogP contribution >= 0.6 is 0 Å². The number of benzene rings is 2. The second-order valence-electron chi connectivity index (χ2n) is 6.75. The lowest BCUT2D eigenvalue weighted by Gasteiger charge is -2.27. The fourth-order valence-electron chi connectivity index (χ4n) is 3.61. The van der Waals surface area contributed by atoms with Crippen LogP contribution in [0.3, 0.4) is 0 Å². The van der Waals surface area contributed by atoms with Gasteiger partial charge in [-0.15, -0.1) is 0 Å². The zero-order chi connectivity index (χ0) is 17.9.